The average molecular weight is 258 g/mol. The van der Waals surface area contributed by atoms with Gasteiger partial charge in [0.1, 0.15) is 0 Å². The highest BCUT2D eigenvalue weighted by Gasteiger charge is 2.24. The first-order valence-electron chi connectivity index (χ1n) is 7.84. The van der Waals surface area contributed by atoms with Crippen molar-refractivity contribution < 1.29 is 0 Å². The van der Waals surface area contributed by atoms with Crippen molar-refractivity contribution >= 4 is 5.69 Å². The van der Waals surface area contributed by atoms with Crippen molar-refractivity contribution in [2.24, 2.45) is 11.8 Å². The van der Waals surface area contributed by atoms with Crippen molar-refractivity contribution in [3.05, 3.63) is 29.3 Å². The van der Waals surface area contributed by atoms with Gasteiger partial charge in [-0.3, -0.25) is 0 Å². The number of anilines is 1. The molecular formula is C17H26N2. The van der Waals surface area contributed by atoms with Crippen molar-refractivity contribution in [3.63, 3.8) is 0 Å². The van der Waals surface area contributed by atoms with E-state index in [2.05, 4.69) is 24.4 Å². The van der Waals surface area contributed by atoms with E-state index in [4.69, 9.17) is 5.73 Å². The summed E-state index contributed by atoms with van der Waals surface area (Å²) in [6.07, 6.45) is 8.10. The van der Waals surface area contributed by atoms with E-state index in [0.717, 1.165) is 17.5 Å². The normalized spacial score (nSPS) is 30.3. The zero-order valence-electron chi connectivity index (χ0n) is 12.0. The summed E-state index contributed by atoms with van der Waals surface area (Å²) < 4.78 is 0. The highest BCUT2D eigenvalue weighted by molar-refractivity contribution is 5.47. The maximum atomic E-state index is 5.86. The summed E-state index contributed by atoms with van der Waals surface area (Å²) in [5, 5.41) is 3.81. The predicted molar refractivity (Wildman–Crippen MR) is 81.0 cm³/mol. The van der Waals surface area contributed by atoms with Crippen LogP contribution in [0.15, 0.2) is 18.2 Å². The second-order valence-electron chi connectivity index (χ2n) is 6.60. The zero-order chi connectivity index (χ0) is 13.2. The molecule has 1 saturated carbocycles. The lowest BCUT2D eigenvalue weighted by atomic mass is 9.82. The number of fused-ring (bicyclic) bond motifs is 1. The Balaban J connectivity index is 1.57. The number of aryl methyl sites for hydroxylation is 1. The van der Waals surface area contributed by atoms with Gasteiger partial charge in [0.2, 0.25) is 0 Å². The van der Waals surface area contributed by atoms with Gasteiger partial charge in [0, 0.05) is 11.7 Å². The van der Waals surface area contributed by atoms with Gasteiger partial charge < -0.3 is 11.1 Å². The predicted octanol–water partition coefficient (Wildman–Crippen LogP) is 3.67. The SMILES string of the molecule is CC1CCCC(CNC2CCc3cc(N)ccc32)C1. The summed E-state index contributed by atoms with van der Waals surface area (Å²) in [5.41, 5.74) is 9.70. The molecular weight excluding hydrogens is 232 g/mol. The maximum Gasteiger partial charge on any atom is 0.0326 e. The zero-order valence-corrected chi connectivity index (χ0v) is 12.0. The topological polar surface area (TPSA) is 38.0 Å². The number of benzene rings is 1. The lowest BCUT2D eigenvalue weighted by Gasteiger charge is -2.28. The summed E-state index contributed by atoms with van der Waals surface area (Å²) in [5.74, 6) is 1.82. The molecule has 0 saturated heterocycles. The standard InChI is InChI=1S/C17H26N2/c1-12-3-2-4-13(9-12)11-19-17-8-5-14-10-15(18)6-7-16(14)17/h6-7,10,12-13,17,19H,2-5,8-9,11,18H2,1H3. The minimum Gasteiger partial charge on any atom is -0.399 e. The van der Waals surface area contributed by atoms with Gasteiger partial charge in [-0.2, -0.15) is 0 Å². The summed E-state index contributed by atoms with van der Waals surface area (Å²) in [6, 6.07) is 6.98. The first-order chi connectivity index (χ1) is 9.22. The molecule has 0 radical (unpaired) electrons. The van der Waals surface area contributed by atoms with Gasteiger partial charge >= 0.3 is 0 Å². The van der Waals surface area contributed by atoms with Gasteiger partial charge in [-0.15, -0.1) is 0 Å². The summed E-state index contributed by atoms with van der Waals surface area (Å²) in [6.45, 7) is 3.60. The largest absolute Gasteiger partial charge is 0.399 e. The lowest BCUT2D eigenvalue weighted by Crippen LogP contribution is -2.29. The van der Waals surface area contributed by atoms with E-state index < -0.39 is 0 Å². The number of nitrogens with two attached hydrogens (primary N) is 1. The fourth-order valence-electron chi connectivity index (χ4n) is 3.90. The fraction of sp³-hybridized carbons (Fsp3) is 0.647. The second kappa shape index (κ2) is 5.54. The first kappa shape index (κ1) is 13.0. The molecule has 0 amide bonds. The quantitative estimate of drug-likeness (QED) is 0.812. The van der Waals surface area contributed by atoms with E-state index in [1.54, 1.807) is 0 Å². The fourth-order valence-corrected chi connectivity index (χ4v) is 3.90. The number of hydrogen-bond donors (Lipinski definition) is 2. The van der Waals surface area contributed by atoms with Crippen LogP contribution in [0.4, 0.5) is 5.69 Å². The molecule has 0 heterocycles. The Hall–Kier alpha value is -1.02. The van der Waals surface area contributed by atoms with Crippen LogP contribution in [0, 0.1) is 11.8 Å². The Labute approximate surface area is 116 Å². The van der Waals surface area contributed by atoms with E-state index in [-0.39, 0.29) is 0 Å². The third kappa shape index (κ3) is 2.94. The molecule has 3 atom stereocenters. The molecule has 2 heteroatoms. The van der Waals surface area contributed by atoms with Crippen LogP contribution in [0.3, 0.4) is 0 Å². The molecule has 0 spiro atoms. The van der Waals surface area contributed by atoms with Gasteiger partial charge in [0.05, 0.1) is 0 Å². The van der Waals surface area contributed by atoms with Crippen molar-refractivity contribution in [2.75, 3.05) is 12.3 Å². The molecule has 2 aliphatic carbocycles. The Morgan fingerprint density at radius 3 is 3.00 bits per heavy atom. The van der Waals surface area contributed by atoms with E-state index in [0.29, 0.717) is 6.04 Å². The van der Waals surface area contributed by atoms with Crippen LogP contribution >= 0.6 is 0 Å². The smallest absolute Gasteiger partial charge is 0.0326 e. The molecule has 2 nitrogen and oxygen atoms in total. The molecule has 1 fully saturated rings. The van der Waals surface area contributed by atoms with Gasteiger partial charge in [0.15, 0.2) is 0 Å². The number of hydrogen-bond acceptors (Lipinski definition) is 2. The van der Waals surface area contributed by atoms with Gasteiger partial charge in [-0.05, 0) is 67.3 Å². The van der Waals surface area contributed by atoms with E-state index in [9.17, 15) is 0 Å². The number of rotatable bonds is 3. The third-order valence-electron chi connectivity index (χ3n) is 4.94. The Morgan fingerprint density at radius 1 is 1.26 bits per heavy atom. The second-order valence-corrected chi connectivity index (χ2v) is 6.60. The van der Waals surface area contributed by atoms with Crippen LogP contribution in [-0.2, 0) is 6.42 Å². The molecule has 3 unspecified atom stereocenters. The molecule has 1 aromatic rings. The lowest BCUT2D eigenvalue weighted by molar-refractivity contribution is 0.266. The van der Waals surface area contributed by atoms with Crippen LogP contribution in [0.2, 0.25) is 0 Å². The van der Waals surface area contributed by atoms with Crippen molar-refractivity contribution in [3.8, 4) is 0 Å². The van der Waals surface area contributed by atoms with Crippen LogP contribution in [0.25, 0.3) is 0 Å². The van der Waals surface area contributed by atoms with E-state index >= 15 is 0 Å². The first-order valence-corrected chi connectivity index (χ1v) is 7.84. The highest BCUT2D eigenvalue weighted by Crippen LogP contribution is 2.33. The minimum atomic E-state index is 0.563. The van der Waals surface area contributed by atoms with Crippen molar-refractivity contribution in [1.82, 2.24) is 5.32 Å². The molecule has 0 bridgehead atoms. The summed E-state index contributed by atoms with van der Waals surface area (Å²) in [4.78, 5) is 0. The van der Waals surface area contributed by atoms with E-state index in [1.807, 2.05) is 6.07 Å². The van der Waals surface area contributed by atoms with Gasteiger partial charge in [0.25, 0.3) is 0 Å². The number of nitrogens with one attached hydrogen (secondary N) is 1. The van der Waals surface area contributed by atoms with Crippen LogP contribution in [0.1, 0.15) is 56.2 Å². The highest BCUT2D eigenvalue weighted by atomic mass is 14.9. The van der Waals surface area contributed by atoms with Crippen LogP contribution < -0.4 is 11.1 Å². The summed E-state index contributed by atoms with van der Waals surface area (Å²) in [7, 11) is 0. The van der Waals surface area contributed by atoms with Gasteiger partial charge in [-0.25, -0.2) is 0 Å². The van der Waals surface area contributed by atoms with Crippen molar-refractivity contribution in [1.29, 1.82) is 0 Å². The third-order valence-corrected chi connectivity index (χ3v) is 4.94. The average Bonchev–Trinajstić information content (AvgIpc) is 2.78. The molecule has 3 N–H and O–H groups in total. The number of nitrogen functional groups attached to an aromatic ring is 1. The van der Waals surface area contributed by atoms with Crippen LogP contribution in [0.5, 0.6) is 0 Å². The minimum absolute atomic E-state index is 0.563. The molecule has 0 aliphatic heterocycles. The summed E-state index contributed by atoms with van der Waals surface area (Å²) >= 11 is 0. The molecule has 104 valence electrons. The Morgan fingerprint density at radius 2 is 2.16 bits per heavy atom. The molecule has 3 rings (SSSR count). The van der Waals surface area contributed by atoms with Gasteiger partial charge in [-0.1, -0.05) is 25.8 Å². The monoisotopic (exact) mass is 258 g/mol. The van der Waals surface area contributed by atoms with E-state index in [1.165, 1.54) is 56.2 Å². The Bertz CT molecular complexity index is 441. The van der Waals surface area contributed by atoms with Crippen molar-refractivity contribution in [2.45, 2.75) is 51.5 Å². The molecule has 1 aromatic carbocycles. The molecule has 19 heavy (non-hydrogen) atoms. The maximum absolute atomic E-state index is 5.86. The molecule has 0 aromatic heterocycles. The Kier molecular flexibility index (Phi) is 3.79. The molecule has 2 aliphatic rings. The van der Waals surface area contributed by atoms with Crippen LogP contribution in [-0.4, -0.2) is 6.54 Å².